The van der Waals surface area contributed by atoms with E-state index in [1.807, 2.05) is 0 Å². The first-order chi connectivity index (χ1) is 10.5. The van der Waals surface area contributed by atoms with Crippen molar-refractivity contribution in [1.82, 2.24) is 0 Å². The summed E-state index contributed by atoms with van der Waals surface area (Å²) in [4.78, 5) is 12.0. The molecule has 3 aromatic rings. The van der Waals surface area contributed by atoms with Crippen LogP contribution in [0.5, 0.6) is 0 Å². The summed E-state index contributed by atoms with van der Waals surface area (Å²) >= 11 is 3.27. The number of rotatable bonds is 2. The van der Waals surface area contributed by atoms with Gasteiger partial charge in [0.1, 0.15) is 5.58 Å². The molecule has 0 saturated carbocycles. The van der Waals surface area contributed by atoms with E-state index in [1.54, 1.807) is 18.2 Å². The van der Waals surface area contributed by atoms with Crippen LogP contribution < -0.4 is 5.32 Å². The number of furan rings is 1. The van der Waals surface area contributed by atoms with Crippen LogP contribution in [0, 0.1) is 17.5 Å². The van der Waals surface area contributed by atoms with Gasteiger partial charge >= 0.3 is 0 Å². The van der Waals surface area contributed by atoms with Gasteiger partial charge in [0, 0.05) is 9.86 Å². The molecule has 0 fully saturated rings. The highest BCUT2D eigenvalue weighted by Crippen LogP contribution is 2.25. The zero-order valence-corrected chi connectivity index (χ0v) is 12.4. The Morgan fingerprint density at radius 1 is 1.05 bits per heavy atom. The number of hydrogen-bond acceptors (Lipinski definition) is 2. The van der Waals surface area contributed by atoms with E-state index in [0.29, 0.717) is 11.0 Å². The van der Waals surface area contributed by atoms with Crippen molar-refractivity contribution in [3.63, 3.8) is 0 Å². The SMILES string of the molecule is O=C(Nc1ccc(F)c(F)c1F)c1cc2ccc(Br)cc2o1. The third-order valence-electron chi connectivity index (χ3n) is 2.99. The Kier molecular flexibility index (Phi) is 3.66. The first-order valence-corrected chi connectivity index (χ1v) is 6.89. The minimum absolute atomic E-state index is 0.0720. The van der Waals surface area contributed by atoms with Crippen molar-refractivity contribution >= 4 is 38.5 Å². The first kappa shape index (κ1) is 14.6. The molecule has 0 aliphatic rings. The van der Waals surface area contributed by atoms with Gasteiger partial charge in [0.05, 0.1) is 5.69 Å². The number of hydrogen-bond donors (Lipinski definition) is 1. The predicted octanol–water partition coefficient (Wildman–Crippen LogP) is 4.86. The topological polar surface area (TPSA) is 42.2 Å². The Morgan fingerprint density at radius 2 is 1.82 bits per heavy atom. The Morgan fingerprint density at radius 3 is 2.59 bits per heavy atom. The second-order valence-corrected chi connectivity index (χ2v) is 5.39. The molecule has 1 aromatic heterocycles. The molecule has 1 heterocycles. The molecule has 3 rings (SSSR count). The molecule has 0 radical (unpaired) electrons. The molecule has 7 heteroatoms. The molecule has 3 nitrogen and oxygen atoms in total. The molecule has 0 bridgehead atoms. The van der Waals surface area contributed by atoms with E-state index >= 15 is 0 Å². The number of anilines is 1. The van der Waals surface area contributed by atoms with E-state index in [-0.39, 0.29) is 5.76 Å². The van der Waals surface area contributed by atoms with Gasteiger partial charge in [0.2, 0.25) is 0 Å². The molecule has 112 valence electrons. The van der Waals surface area contributed by atoms with Gasteiger partial charge < -0.3 is 9.73 Å². The van der Waals surface area contributed by atoms with Gasteiger partial charge in [0.25, 0.3) is 5.91 Å². The second-order valence-electron chi connectivity index (χ2n) is 4.47. The smallest absolute Gasteiger partial charge is 0.291 e. The third-order valence-corrected chi connectivity index (χ3v) is 3.48. The van der Waals surface area contributed by atoms with Crippen molar-refractivity contribution in [2.75, 3.05) is 5.32 Å². The van der Waals surface area contributed by atoms with Crippen molar-refractivity contribution in [3.8, 4) is 0 Å². The average Bonchev–Trinajstić information content (AvgIpc) is 2.91. The summed E-state index contributed by atoms with van der Waals surface area (Å²) in [6.45, 7) is 0. The molecule has 1 amide bonds. The number of fused-ring (bicyclic) bond motifs is 1. The summed E-state index contributed by atoms with van der Waals surface area (Å²) in [5, 5.41) is 2.82. The van der Waals surface area contributed by atoms with E-state index in [4.69, 9.17) is 4.42 Å². The number of benzene rings is 2. The van der Waals surface area contributed by atoms with Crippen molar-refractivity contribution < 1.29 is 22.4 Å². The summed E-state index contributed by atoms with van der Waals surface area (Å²) < 4.78 is 45.6. The fourth-order valence-corrected chi connectivity index (χ4v) is 2.26. The van der Waals surface area contributed by atoms with Crippen molar-refractivity contribution in [2.24, 2.45) is 0 Å². The van der Waals surface area contributed by atoms with Crippen LogP contribution in [0.25, 0.3) is 11.0 Å². The van der Waals surface area contributed by atoms with Crippen molar-refractivity contribution in [2.45, 2.75) is 0 Å². The van der Waals surface area contributed by atoms with Crippen molar-refractivity contribution in [1.29, 1.82) is 0 Å². The van der Waals surface area contributed by atoms with Gasteiger partial charge in [-0.25, -0.2) is 13.2 Å². The number of carbonyl (C=O) groups excluding carboxylic acids is 1. The van der Waals surface area contributed by atoms with Gasteiger partial charge in [0.15, 0.2) is 23.2 Å². The maximum Gasteiger partial charge on any atom is 0.291 e. The zero-order valence-electron chi connectivity index (χ0n) is 10.8. The lowest BCUT2D eigenvalue weighted by molar-refractivity contribution is 0.0998. The highest BCUT2D eigenvalue weighted by molar-refractivity contribution is 9.10. The van der Waals surface area contributed by atoms with Crippen molar-refractivity contribution in [3.05, 3.63) is 64.1 Å². The lowest BCUT2D eigenvalue weighted by atomic mass is 10.2. The minimum Gasteiger partial charge on any atom is -0.451 e. The third kappa shape index (κ3) is 2.59. The van der Waals surface area contributed by atoms with E-state index in [1.165, 1.54) is 6.07 Å². The second kappa shape index (κ2) is 5.49. The van der Waals surface area contributed by atoms with Crippen LogP contribution in [0.4, 0.5) is 18.9 Å². The minimum atomic E-state index is -1.65. The van der Waals surface area contributed by atoms with Gasteiger partial charge in [-0.2, -0.15) is 0 Å². The van der Waals surface area contributed by atoms with Crippen LogP contribution in [0.1, 0.15) is 10.6 Å². The molecule has 0 aliphatic carbocycles. The standard InChI is InChI=1S/C15H7BrF3NO2/c16-8-2-1-7-5-12(22-11(7)6-8)15(21)20-10-4-3-9(17)13(18)14(10)19/h1-6H,(H,20,21). The molecule has 0 aliphatic heterocycles. The van der Waals surface area contributed by atoms with E-state index in [0.717, 1.165) is 16.6 Å². The molecule has 0 saturated heterocycles. The predicted molar refractivity (Wildman–Crippen MR) is 78.2 cm³/mol. The fourth-order valence-electron chi connectivity index (χ4n) is 1.92. The highest BCUT2D eigenvalue weighted by Gasteiger charge is 2.18. The van der Waals surface area contributed by atoms with Gasteiger partial charge in [-0.3, -0.25) is 4.79 Å². The number of amides is 1. The number of halogens is 4. The molecule has 22 heavy (non-hydrogen) atoms. The largest absolute Gasteiger partial charge is 0.451 e. The van der Waals surface area contributed by atoms with Crippen LogP contribution in [0.3, 0.4) is 0 Å². The summed E-state index contributed by atoms with van der Waals surface area (Å²) in [5.41, 5.74) is -0.00387. The molecular formula is C15H7BrF3NO2. The van der Waals surface area contributed by atoms with Crippen LogP contribution in [-0.2, 0) is 0 Å². The first-order valence-electron chi connectivity index (χ1n) is 6.09. The van der Waals surface area contributed by atoms with E-state index in [2.05, 4.69) is 21.2 Å². The van der Waals surface area contributed by atoms with Crippen LogP contribution in [-0.4, -0.2) is 5.91 Å². The average molecular weight is 370 g/mol. The van der Waals surface area contributed by atoms with E-state index < -0.39 is 29.0 Å². The molecule has 1 N–H and O–H groups in total. The highest BCUT2D eigenvalue weighted by atomic mass is 79.9. The fraction of sp³-hybridized carbons (Fsp3) is 0. The van der Waals surface area contributed by atoms with Crippen LogP contribution >= 0.6 is 15.9 Å². The summed E-state index contributed by atoms with van der Waals surface area (Å²) in [5.74, 6) is -5.28. The monoisotopic (exact) mass is 369 g/mol. The van der Waals surface area contributed by atoms with Gasteiger partial charge in [-0.05, 0) is 36.4 Å². The number of carbonyl (C=O) groups is 1. The summed E-state index contributed by atoms with van der Waals surface area (Å²) in [7, 11) is 0. The van der Waals surface area contributed by atoms with E-state index in [9.17, 15) is 18.0 Å². The Balaban J connectivity index is 1.92. The van der Waals surface area contributed by atoms with Crippen LogP contribution in [0.2, 0.25) is 0 Å². The molecular weight excluding hydrogens is 363 g/mol. The number of nitrogens with one attached hydrogen (secondary N) is 1. The molecule has 2 aromatic carbocycles. The van der Waals surface area contributed by atoms with Crippen LogP contribution in [0.15, 0.2) is 45.3 Å². The van der Waals surface area contributed by atoms with Gasteiger partial charge in [-0.15, -0.1) is 0 Å². The Hall–Kier alpha value is -2.28. The quantitative estimate of drug-likeness (QED) is 0.655. The molecule has 0 atom stereocenters. The Bertz CT molecular complexity index is 892. The van der Waals surface area contributed by atoms with Gasteiger partial charge in [-0.1, -0.05) is 15.9 Å². The summed E-state index contributed by atoms with van der Waals surface area (Å²) in [6, 6.07) is 8.31. The lowest BCUT2D eigenvalue weighted by Crippen LogP contribution is -2.13. The lowest BCUT2D eigenvalue weighted by Gasteiger charge is -2.05. The Labute approximate surface area is 130 Å². The maximum absolute atomic E-state index is 13.5. The molecule has 0 spiro atoms. The zero-order chi connectivity index (χ0) is 15.9. The maximum atomic E-state index is 13.5. The molecule has 0 unspecified atom stereocenters. The summed E-state index contributed by atoms with van der Waals surface area (Å²) in [6.07, 6.45) is 0. The normalized spacial score (nSPS) is 10.9.